The lowest BCUT2D eigenvalue weighted by Crippen LogP contribution is -2.28. The zero-order valence-corrected chi connectivity index (χ0v) is 9.71. The molecule has 14 heavy (non-hydrogen) atoms. The number of hydrogen-bond donors (Lipinski definition) is 0. The number of halogens is 2. The molecular formula is C9H9BrClNO2. The fourth-order valence-electron chi connectivity index (χ4n) is 1.52. The molecule has 1 unspecified atom stereocenters. The Morgan fingerprint density at radius 1 is 1.71 bits per heavy atom. The molecule has 0 aromatic carbocycles. The van der Waals surface area contributed by atoms with Gasteiger partial charge in [0, 0.05) is 17.9 Å². The number of likely N-dealkylation sites (tertiary alicyclic amines) is 1. The van der Waals surface area contributed by atoms with Gasteiger partial charge in [-0.1, -0.05) is 15.9 Å². The normalized spacial score (nSPS) is 21.6. The van der Waals surface area contributed by atoms with Crippen molar-refractivity contribution in [3.05, 3.63) is 23.1 Å². The van der Waals surface area contributed by atoms with Crippen molar-refractivity contribution in [3.63, 3.8) is 0 Å². The molecule has 0 bridgehead atoms. The molecule has 2 rings (SSSR count). The fraction of sp³-hybridized carbons (Fsp3) is 0.444. The van der Waals surface area contributed by atoms with E-state index in [2.05, 4.69) is 15.9 Å². The van der Waals surface area contributed by atoms with E-state index >= 15 is 0 Å². The molecule has 5 heteroatoms. The monoisotopic (exact) mass is 277 g/mol. The molecule has 1 saturated heterocycles. The van der Waals surface area contributed by atoms with E-state index in [9.17, 15) is 4.79 Å². The Morgan fingerprint density at radius 2 is 2.50 bits per heavy atom. The predicted octanol–water partition coefficient (Wildman–Crippen LogP) is 2.54. The summed E-state index contributed by atoms with van der Waals surface area (Å²) < 4.78 is 4.88. The SMILES string of the molecule is O=C(c1ccoc1Cl)N1CCC(Br)C1. The molecule has 1 aliphatic rings. The Balaban J connectivity index is 2.13. The summed E-state index contributed by atoms with van der Waals surface area (Å²) in [6.07, 6.45) is 2.42. The standard InChI is InChI=1S/C9H9BrClNO2/c10-6-1-3-12(5-6)9(13)7-2-4-14-8(7)11/h2,4,6H,1,3,5H2. The van der Waals surface area contributed by atoms with Crippen molar-refractivity contribution < 1.29 is 9.21 Å². The van der Waals surface area contributed by atoms with Crippen molar-refractivity contribution >= 4 is 33.4 Å². The minimum absolute atomic E-state index is 0.0503. The van der Waals surface area contributed by atoms with Crippen molar-refractivity contribution in [2.24, 2.45) is 0 Å². The summed E-state index contributed by atoms with van der Waals surface area (Å²) in [6, 6.07) is 1.60. The molecule has 1 amide bonds. The first-order valence-electron chi connectivity index (χ1n) is 4.35. The van der Waals surface area contributed by atoms with Gasteiger partial charge in [-0.05, 0) is 24.1 Å². The van der Waals surface area contributed by atoms with Gasteiger partial charge in [0.15, 0.2) is 0 Å². The Hall–Kier alpha value is -0.480. The third-order valence-electron chi connectivity index (χ3n) is 2.27. The third kappa shape index (κ3) is 1.81. The van der Waals surface area contributed by atoms with E-state index in [-0.39, 0.29) is 11.1 Å². The van der Waals surface area contributed by atoms with Gasteiger partial charge < -0.3 is 9.32 Å². The summed E-state index contributed by atoms with van der Waals surface area (Å²) in [4.78, 5) is 14.0. The van der Waals surface area contributed by atoms with Crippen molar-refractivity contribution in [1.82, 2.24) is 4.90 Å². The van der Waals surface area contributed by atoms with Crippen LogP contribution in [0.25, 0.3) is 0 Å². The highest BCUT2D eigenvalue weighted by Crippen LogP contribution is 2.23. The Morgan fingerprint density at radius 3 is 3.00 bits per heavy atom. The Kier molecular flexibility index (Phi) is 2.83. The summed E-state index contributed by atoms with van der Waals surface area (Å²) in [5.74, 6) is -0.0503. The molecule has 2 heterocycles. The first kappa shape index (κ1) is 10.1. The van der Waals surface area contributed by atoms with Gasteiger partial charge in [-0.3, -0.25) is 4.79 Å². The second-order valence-corrected chi connectivity index (χ2v) is 4.88. The predicted molar refractivity (Wildman–Crippen MR) is 57.0 cm³/mol. The number of carbonyl (C=O) groups excluding carboxylic acids is 1. The number of carbonyl (C=O) groups is 1. The lowest BCUT2D eigenvalue weighted by Gasteiger charge is -2.14. The maximum atomic E-state index is 11.8. The lowest BCUT2D eigenvalue weighted by molar-refractivity contribution is 0.0793. The highest BCUT2D eigenvalue weighted by molar-refractivity contribution is 9.09. The van der Waals surface area contributed by atoms with Crippen LogP contribution < -0.4 is 0 Å². The van der Waals surface area contributed by atoms with Gasteiger partial charge in [0.05, 0.1) is 11.8 Å². The van der Waals surface area contributed by atoms with Gasteiger partial charge in [0.1, 0.15) is 0 Å². The number of alkyl halides is 1. The lowest BCUT2D eigenvalue weighted by atomic mass is 10.3. The van der Waals surface area contributed by atoms with Crippen LogP contribution in [-0.4, -0.2) is 28.7 Å². The van der Waals surface area contributed by atoms with Crippen LogP contribution in [0.5, 0.6) is 0 Å². The summed E-state index contributed by atoms with van der Waals surface area (Å²) in [7, 11) is 0. The van der Waals surface area contributed by atoms with Crippen molar-refractivity contribution in [3.8, 4) is 0 Å². The van der Waals surface area contributed by atoms with Gasteiger partial charge >= 0.3 is 0 Å². The van der Waals surface area contributed by atoms with Gasteiger partial charge in [-0.15, -0.1) is 0 Å². The van der Waals surface area contributed by atoms with Gasteiger partial charge in [0.25, 0.3) is 5.91 Å². The maximum absolute atomic E-state index is 11.8. The topological polar surface area (TPSA) is 33.5 Å². The highest BCUT2D eigenvalue weighted by atomic mass is 79.9. The first-order valence-corrected chi connectivity index (χ1v) is 5.64. The molecule has 1 atom stereocenters. The number of hydrogen-bond acceptors (Lipinski definition) is 2. The van der Waals surface area contributed by atoms with Gasteiger partial charge in [0.2, 0.25) is 5.22 Å². The minimum Gasteiger partial charge on any atom is -0.452 e. The molecule has 0 spiro atoms. The van der Waals surface area contributed by atoms with Gasteiger partial charge in [-0.2, -0.15) is 0 Å². The maximum Gasteiger partial charge on any atom is 0.258 e. The molecule has 1 aromatic rings. The quantitative estimate of drug-likeness (QED) is 0.740. The van der Waals surface area contributed by atoms with Crippen molar-refractivity contribution in [2.75, 3.05) is 13.1 Å². The van der Waals surface area contributed by atoms with Crippen LogP contribution in [0.2, 0.25) is 5.22 Å². The first-order chi connectivity index (χ1) is 6.68. The zero-order chi connectivity index (χ0) is 10.1. The van der Waals surface area contributed by atoms with E-state index in [0.717, 1.165) is 19.5 Å². The summed E-state index contributed by atoms with van der Waals surface area (Å²) in [5, 5.41) is 0.174. The summed E-state index contributed by atoms with van der Waals surface area (Å²) >= 11 is 9.20. The Bertz CT molecular complexity index is 352. The number of rotatable bonds is 1. The van der Waals surface area contributed by atoms with Crippen LogP contribution in [0, 0.1) is 0 Å². The summed E-state index contributed by atoms with van der Waals surface area (Å²) in [5.41, 5.74) is 0.452. The second-order valence-electron chi connectivity index (χ2n) is 3.25. The molecule has 0 aliphatic carbocycles. The van der Waals surface area contributed by atoms with E-state index in [1.165, 1.54) is 6.26 Å². The van der Waals surface area contributed by atoms with Crippen LogP contribution >= 0.6 is 27.5 Å². The van der Waals surface area contributed by atoms with Crippen molar-refractivity contribution in [2.45, 2.75) is 11.2 Å². The molecule has 0 saturated carbocycles. The number of furan rings is 1. The average Bonchev–Trinajstić information content (AvgIpc) is 2.73. The van der Waals surface area contributed by atoms with E-state index in [0.29, 0.717) is 10.4 Å². The minimum atomic E-state index is -0.0503. The van der Waals surface area contributed by atoms with E-state index in [1.54, 1.807) is 11.0 Å². The fourth-order valence-corrected chi connectivity index (χ4v) is 2.27. The molecule has 76 valence electrons. The van der Waals surface area contributed by atoms with Crippen LogP contribution in [-0.2, 0) is 0 Å². The largest absolute Gasteiger partial charge is 0.452 e. The third-order valence-corrected chi connectivity index (χ3v) is 3.31. The van der Waals surface area contributed by atoms with E-state index in [1.807, 2.05) is 0 Å². The van der Waals surface area contributed by atoms with E-state index in [4.69, 9.17) is 16.0 Å². The number of nitrogens with zero attached hydrogens (tertiary/aromatic N) is 1. The van der Waals surface area contributed by atoms with E-state index < -0.39 is 0 Å². The molecule has 0 N–H and O–H groups in total. The molecule has 3 nitrogen and oxygen atoms in total. The smallest absolute Gasteiger partial charge is 0.258 e. The average molecular weight is 279 g/mol. The number of amides is 1. The molecule has 1 aliphatic heterocycles. The molecule has 0 radical (unpaired) electrons. The molecule has 1 fully saturated rings. The van der Waals surface area contributed by atoms with Crippen LogP contribution in [0.4, 0.5) is 0 Å². The van der Waals surface area contributed by atoms with Crippen LogP contribution in [0.1, 0.15) is 16.8 Å². The molecular weight excluding hydrogens is 269 g/mol. The zero-order valence-electron chi connectivity index (χ0n) is 7.37. The molecule has 1 aromatic heterocycles. The van der Waals surface area contributed by atoms with Gasteiger partial charge in [-0.25, -0.2) is 0 Å². The van der Waals surface area contributed by atoms with Crippen molar-refractivity contribution in [1.29, 1.82) is 0 Å². The second kappa shape index (κ2) is 3.95. The highest BCUT2D eigenvalue weighted by Gasteiger charge is 2.27. The summed E-state index contributed by atoms with van der Waals surface area (Å²) in [6.45, 7) is 1.51. The van der Waals surface area contributed by atoms with Crippen LogP contribution in [0.3, 0.4) is 0 Å². The Labute approximate surface area is 95.1 Å². The van der Waals surface area contributed by atoms with Crippen LogP contribution in [0.15, 0.2) is 16.7 Å².